The van der Waals surface area contributed by atoms with E-state index in [2.05, 4.69) is 4.99 Å². The Morgan fingerprint density at radius 1 is 1.06 bits per heavy atom. The Bertz CT molecular complexity index is 458. The van der Waals surface area contributed by atoms with Crippen LogP contribution in [-0.4, -0.2) is 27.2 Å². The number of aryl methyl sites for hydroxylation is 1. The van der Waals surface area contributed by atoms with Gasteiger partial charge in [-0.1, -0.05) is 29.8 Å². The van der Waals surface area contributed by atoms with Gasteiger partial charge in [-0.15, -0.1) is 0 Å². The van der Waals surface area contributed by atoms with Gasteiger partial charge in [-0.3, -0.25) is 10.2 Å². The zero-order valence-electron chi connectivity index (χ0n) is 11.2. The minimum Gasteiger partial charge on any atom is -0.286 e. The summed E-state index contributed by atoms with van der Waals surface area (Å²) in [4.78, 5) is 4.65. The monoisotopic (exact) mass is 232 g/mol. The third kappa shape index (κ3) is 1.75. The lowest BCUT2D eigenvalue weighted by Gasteiger charge is -2.36. The van der Waals surface area contributed by atoms with E-state index in [4.69, 9.17) is 0 Å². The Morgan fingerprint density at radius 3 is 2.00 bits per heavy atom. The van der Waals surface area contributed by atoms with Crippen LogP contribution in [0, 0.1) is 6.92 Å². The lowest BCUT2D eigenvalue weighted by atomic mass is 9.84. The second-order valence-corrected chi connectivity index (χ2v) is 5.73. The average Bonchev–Trinajstić information content (AvgIpc) is 2.40. The lowest BCUT2D eigenvalue weighted by Crippen LogP contribution is -2.51. The van der Waals surface area contributed by atoms with Crippen LogP contribution < -0.4 is 0 Å². The fraction of sp³-hybridized carbons (Fsp3) is 0.500. The molecule has 3 nitrogen and oxygen atoms in total. The van der Waals surface area contributed by atoms with Gasteiger partial charge in [0.1, 0.15) is 0 Å². The summed E-state index contributed by atoms with van der Waals surface area (Å²) in [5.74, 6) is 0.653. The molecule has 17 heavy (non-hydrogen) atoms. The second-order valence-electron chi connectivity index (χ2n) is 5.73. The smallest absolute Gasteiger partial charge is 0.156 e. The van der Waals surface area contributed by atoms with E-state index >= 15 is 0 Å². The first-order valence-electron chi connectivity index (χ1n) is 5.92. The maximum atomic E-state index is 10.3. The van der Waals surface area contributed by atoms with Crippen molar-refractivity contribution in [3.63, 3.8) is 0 Å². The van der Waals surface area contributed by atoms with Crippen molar-refractivity contribution in [1.82, 2.24) is 5.06 Å². The minimum absolute atomic E-state index is 0.304. The summed E-state index contributed by atoms with van der Waals surface area (Å²) in [6.45, 7) is 10.1. The van der Waals surface area contributed by atoms with E-state index < -0.39 is 5.54 Å². The highest BCUT2D eigenvalue weighted by atomic mass is 16.5. The van der Waals surface area contributed by atoms with Gasteiger partial charge in [-0.2, -0.15) is 0 Å². The number of hydroxylamine groups is 2. The molecule has 0 radical (unpaired) electrons. The Balaban J connectivity index is 2.45. The van der Waals surface area contributed by atoms with Gasteiger partial charge < -0.3 is 0 Å². The minimum atomic E-state index is -0.396. The molecule has 0 spiro atoms. The van der Waals surface area contributed by atoms with E-state index in [-0.39, 0.29) is 5.54 Å². The Labute approximate surface area is 103 Å². The second kappa shape index (κ2) is 3.57. The molecule has 1 aromatic carbocycles. The zero-order chi connectivity index (χ0) is 12.8. The highest BCUT2D eigenvalue weighted by Gasteiger charge is 2.49. The van der Waals surface area contributed by atoms with Crippen LogP contribution in [0.25, 0.3) is 0 Å². The SMILES string of the molecule is Cc1ccc(C2=NC(C)(C)C(C)(C)N2O)cc1. The number of nitrogens with zero attached hydrogens (tertiary/aromatic N) is 2. The Hall–Kier alpha value is -1.35. The molecule has 1 N–H and O–H groups in total. The van der Waals surface area contributed by atoms with Crippen molar-refractivity contribution >= 4 is 5.84 Å². The first kappa shape index (κ1) is 12.1. The zero-order valence-corrected chi connectivity index (χ0v) is 11.2. The highest BCUT2D eigenvalue weighted by molar-refractivity contribution is 6.00. The molecule has 2 rings (SSSR count). The first-order valence-corrected chi connectivity index (χ1v) is 5.92. The number of benzene rings is 1. The number of hydrogen-bond donors (Lipinski definition) is 1. The molecule has 0 amide bonds. The van der Waals surface area contributed by atoms with Crippen LogP contribution in [0.3, 0.4) is 0 Å². The predicted octanol–water partition coefficient (Wildman–Crippen LogP) is 3.00. The maximum Gasteiger partial charge on any atom is 0.156 e. The van der Waals surface area contributed by atoms with E-state index in [0.717, 1.165) is 5.56 Å². The molecule has 1 aromatic rings. The summed E-state index contributed by atoms with van der Waals surface area (Å²) < 4.78 is 0. The van der Waals surface area contributed by atoms with E-state index in [1.165, 1.54) is 10.6 Å². The van der Waals surface area contributed by atoms with E-state index in [0.29, 0.717) is 5.84 Å². The van der Waals surface area contributed by atoms with Crippen molar-refractivity contribution < 1.29 is 5.21 Å². The van der Waals surface area contributed by atoms with Crippen LogP contribution in [0.1, 0.15) is 38.8 Å². The van der Waals surface area contributed by atoms with Crippen LogP contribution >= 0.6 is 0 Å². The van der Waals surface area contributed by atoms with Gasteiger partial charge in [0.25, 0.3) is 0 Å². The molecule has 0 fully saturated rings. The van der Waals surface area contributed by atoms with E-state index in [1.807, 2.05) is 58.9 Å². The van der Waals surface area contributed by atoms with Gasteiger partial charge in [0, 0.05) is 5.56 Å². The molecule has 1 aliphatic rings. The summed E-state index contributed by atoms with van der Waals surface area (Å²) in [6.07, 6.45) is 0. The lowest BCUT2D eigenvalue weighted by molar-refractivity contribution is -0.0992. The van der Waals surface area contributed by atoms with Crippen molar-refractivity contribution in [2.24, 2.45) is 4.99 Å². The first-order chi connectivity index (χ1) is 7.75. The van der Waals surface area contributed by atoms with Crippen LogP contribution in [0.2, 0.25) is 0 Å². The van der Waals surface area contributed by atoms with Crippen molar-refractivity contribution in [3.05, 3.63) is 35.4 Å². The van der Waals surface area contributed by atoms with Crippen LogP contribution in [0.5, 0.6) is 0 Å². The third-order valence-corrected chi connectivity index (χ3v) is 3.92. The summed E-state index contributed by atoms with van der Waals surface area (Å²) in [5.41, 5.74) is 1.46. The van der Waals surface area contributed by atoms with Gasteiger partial charge >= 0.3 is 0 Å². The van der Waals surface area contributed by atoms with E-state index in [9.17, 15) is 5.21 Å². The molecule has 1 heterocycles. The van der Waals surface area contributed by atoms with Crippen molar-refractivity contribution in [2.75, 3.05) is 0 Å². The summed E-state index contributed by atoms with van der Waals surface area (Å²) in [7, 11) is 0. The molecule has 0 saturated carbocycles. The van der Waals surface area contributed by atoms with Crippen molar-refractivity contribution in [3.8, 4) is 0 Å². The largest absolute Gasteiger partial charge is 0.286 e. The van der Waals surface area contributed by atoms with Crippen LogP contribution in [0.4, 0.5) is 0 Å². The van der Waals surface area contributed by atoms with Gasteiger partial charge in [0.05, 0.1) is 11.1 Å². The molecule has 0 bridgehead atoms. The number of aliphatic imine (C=N–C) groups is 1. The number of hydrogen-bond acceptors (Lipinski definition) is 3. The summed E-state index contributed by atoms with van der Waals surface area (Å²) in [5, 5.41) is 11.6. The van der Waals surface area contributed by atoms with E-state index in [1.54, 1.807) is 0 Å². The molecule has 0 atom stereocenters. The summed E-state index contributed by atoms with van der Waals surface area (Å²) in [6, 6.07) is 8.05. The van der Waals surface area contributed by atoms with Crippen molar-refractivity contribution in [1.29, 1.82) is 0 Å². The quantitative estimate of drug-likeness (QED) is 0.808. The molecule has 3 heteroatoms. The number of amidine groups is 1. The van der Waals surface area contributed by atoms with Crippen molar-refractivity contribution in [2.45, 2.75) is 45.7 Å². The van der Waals surface area contributed by atoms with Crippen LogP contribution in [0.15, 0.2) is 29.3 Å². The average molecular weight is 232 g/mol. The molecule has 0 aromatic heterocycles. The normalized spacial score (nSPS) is 21.5. The molecule has 1 aliphatic heterocycles. The summed E-state index contributed by atoms with van der Waals surface area (Å²) >= 11 is 0. The van der Waals surface area contributed by atoms with Gasteiger partial charge in [0.15, 0.2) is 5.84 Å². The molecular formula is C14H20N2O. The fourth-order valence-corrected chi connectivity index (χ4v) is 1.86. The topological polar surface area (TPSA) is 35.8 Å². The van der Waals surface area contributed by atoms with Gasteiger partial charge in [-0.25, -0.2) is 5.06 Å². The maximum absolute atomic E-state index is 10.3. The predicted molar refractivity (Wildman–Crippen MR) is 69.5 cm³/mol. The number of rotatable bonds is 1. The Kier molecular flexibility index (Phi) is 2.54. The molecular weight excluding hydrogens is 212 g/mol. The fourth-order valence-electron chi connectivity index (χ4n) is 1.86. The molecule has 0 saturated heterocycles. The molecule has 0 aliphatic carbocycles. The third-order valence-electron chi connectivity index (χ3n) is 3.92. The van der Waals surface area contributed by atoms with Gasteiger partial charge in [-0.05, 0) is 34.6 Å². The molecule has 0 unspecified atom stereocenters. The van der Waals surface area contributed by atoms with Crippen LogP contribution in [-0.2, 0) is 0 Å². The standard InChI is InChI=1S/C14H20N2O/c1-10-6-8-11(9-7-10)12-15-13(2,3)14(4,5)16(12)17/h6-9,17H,1-5H3. The Morgan fingerprint density at radius 2 is 1.59 bits per heavy atom. The van der Waals surface area contributed by atoms with Gasteiger partial charge in [0.2, 0.25) is 0 Å². The molecule has 92 valence electrons. The highest BCUT2D eigenvalue weighted by Crippen LogP contribution is 2.37.